The lowest BCUT2D eigenvalue weighted by Gasteiger charge is -2.18. The molecule has 0 unspecified atom stereocenters. The molecule has 0 saturated carbocycles. The van der Waals surface area contributed by atoms with Gasteiger partial charge >= 0.3 is 5.97 Å². The van der Waals surface area contributed by atoms with Crippen molar-refractivity contribution in [2.24, 2.45) is 0 Å². The summed E-state index contributed by atoms with van der Waals surface area (Å²) in [5.74, 6) is -1.08. The molecule has 31 heavy (non-hydrogen) atoms. The van der Waals surface area contributed by atoms with Gasteiger partial charge in [-0.05, 0) is 50.1 Å². The van der Waals surface area contributed by atoms with Crippen molar-refractivity contribution in [1.29, 1.82) is 0 Å². The van der Waals surface area contributed by atoms with Gasteiger partial charge in [-0.25, -0.2) is 18.2 Å². The first-order chi connectivity index (χ1) is 14.6. The molecule has 0 saturated heterocycles. The minimum Gasteiger partial charge on any atom is -0.462 e. The zero-order valence-electron chi connectivity index (χ0n) is 17.9. The number of aryl methyl sites for hydroxylation is 1. The number of rotatable bonds is 9. The summed E-state index contributed by atoms with van der Waals surface area (Å²) >= 11 is 6.15. The molecule has 1 N–H and O–H groups in total. The monoisotopic (exact) mass is 467 g/mol. The standard InChI is InChI=1S/C21H26ClN3O5S/c1-5-8-14-9-15(21(27)30-6-2)11-16(10-14)24-20(26)17-12-19(23-13-18(17)22)25(4)31(28,29)7-3/h9-13H,5-8H2,1-4H3,(H,24,26). The summed E-state index contributed by atoms with van der Waals surface area (Å²) < 4.78 is 30.3. The predicted octanol–water partition coefficient (Wildman–Crippen LogP) is 3.90. The van der Waals surface area contributed by atoms with Gasteiger partial charge in [0, 0.05) is 18.9 Å². The number of ether oxygens (including phenoxy) is 1. The Kier molecular flexibility index (Phi) is 8.41. The Morgan fingerprint density at radius 1 is 1.16 bits per heavy atom. The molecule has 0 aliphatic rings. The van der Waals surface area contributed by atoms with Crippen molar-refractivity contribution in [3.8, 4) is 0 Å². The number of esters is 1. The van der Waals surface area contributed by atoms with Crippen LogP contribution in [0.25, 0.3) is 0 Å². The number of carbonyl (C=O) groups is 2. The van der Waals surface area contributed by atoms with Crippen molar-refractivity contribution in [1.82, 2.24) is 4.98 Å². The molecule has 10 heteroatoms. The van der Waals surface area contributed by atoms with Crippen LogP contribution in [0.4, 0.5) is 11.5 Å². The maximum atomic E-state index is 12.9. The summed E-state index contributed by atoms with van der Waals surface area (Å²) in [6.07, 6.45) is 2.80. The van der Waals surface area contributed by atoms with Gasteiger partial charge in [0.2, 0.25) is 10.0 Å². The van der Waals surface area contributed by atoms with E-state index in [2.05, 4.69) is 10.3 Å². The third kappa shape index (κ3) is 6.18. The lowest BCUT2D eigenvalue weighted by molar-refractivity contribution is 0.0526. The van der Waals surface area contributed by atoms with E-state index in [-0.39, 0.29) is 28.8 Å². The van der Waals surface area contributed by atoms with E-state index < -0.39 is 21.9 Å². The molecule has 2 aromatic rings. The molecule has 1 amide bonds. The highest BCUT2D eigenvalue weighted by Gasteiger charge is 2.21. The molecule has 0 aliphatic heterocycles. The molecule has 0 atom stereocenters. The average molecular weight is 468 g/mol. The second-order valence-electron chi connectivity index (χ2n) is 6.73. The number of amides is 1. The summed E-state index contributed by atoms with van der Waals surface area (Å²) in [6, 6.07) is 6.35. The van der Waals surface area contributed by atoms with E-state index in [4.69, 9.17) is 16.3 Å². The molecule has 0 aliphatic carbocycles. The van der Waals surface area contributed by atoms with Crippen molar-refractivity contribution in [3.05, 3.63) is 52.2 Å². The van der Waals surface area contributed by atoms with E-state index in [1.165, 1.54) is 32.3 Å². The summed E-state index contributed by atoms with van der Waals surface area (Å²) in [5.41, 5.74) is 1.67. The van der Waals surface area contributed by atoms with Crippen molar-refractivity contribution < 1.29 is 22.7 Å². The molecular weight excluding hydrogens is 442 g/mol. The van der Waals surface area contributed by atoms with E-state index >= 15 is 0 Å². The quantitative estimate of drug-likeness (QED) is 0.560. The fraction of sp³-hybridized carbons (Fsp3) is 0.381. The first-order valence-corrected chi connectivity index (χ1v) is 11.9. The van der Waals surface area contributed by atoms with Crippen LogP contribution in [0, 0.1) is 0 Å². The lowest BCUT2D eigenvalue weighted by Crippen LogP contribution is -2.29. The number of hydrogen-bond donors (Lipinski definition) is 1. The third-order valence-electron chi connectivity index (χ3n) is 4.49. The zero-order chi connectivity index (χ0) is 23.2. The van der Waals surface area contributed by atoms with Crippen molar-refractivity contribution in [2.45, 2.75) is 33.6 Å². The van der Waals surface area contributed by atoms with Gasteiger partial charge in [0.15, 0.2) is 0 Å². The average Bonchev–Trinajstić information content (AvgIpc) is 2.73. The molecule has 0 bridgehead atoms. The molecule has 8 nitrogen and oxygen atoms in total. The van der Waals surface area contributed by atoms with Crippen LogP contribution in [0.2, 0.25) is 5.02 Å². The van der Waals surface area contributed by atoms with E-state index in [1.54, 1.807) is 19.1 Å². The van der Waals surface area contributed by atoms with Crippen LogP contribution in [0.1, 0.15) is 53.5 Å². The Bertz CT molecular complexity index is 1070. The molecule has 0 fully saturated rings. The number of halogens is 1. The smallest absolute Gasteiger partial charge is 0.338 e. The van der Waals surface area contributed by atoms with Gasteiger partial charge in [-0.1, -0.05) is 24.9 Å². The van der Waals surface area contributed by atoms with Gasteiger partial charge < -0.3 is 10.1 Å². The minimum atomic E-state index is -3.55. The number of hydrogen-bond acceptors (Lipinski definition) is 6. The first-order valence-electron chi connectivity index (χ1n) is 9.87. The van der Waals surface area contributed by atoms with Gasteiger partial charge in [0.05, 0.1) is 28.5 Å². The van der Waals surface area contributed by atoms with E-state index in [0.29, 0.717) is 11.3 Å². The molecular formula is C21H26ClN3O5S. The number of anilines is 2. The second kappa shape index (κ2) is 10.6. The number of carbonyl (C=O) groups excluding carboxylic acids is 2. The van der Waals surface area contributed by atoms with Gasteiger partial charge in [0.1, 0.15) is 5.82 Å². The van der Waals surface area contributed by atoms with Crippen LogP contribution < -0.4 is 9.62 Å². The fourth-order valence-electron chi connectivity index (χ4n) is 2.84. The SMILES string of the molecule is CCCc1cc(NC(=O)c2cc(N(C)S(=O)(=O)CC)ncc2Cl)cc(C(=O)OCC)c1. The van der Waals surface area contributed by atoms with Crippen molar-refractivity contribution in [3.63, 3.8) is 0 Å². The summed E-state index contributed by atoms with van der Waals surface area (Å²) in [4.78, 5) is 29.1. The predicted molar refractivity (Wildman–Crippen MR) is 121 cm³/mol. The van der Waals surface area contributed by atoms with Crippen LogP contribution in [-0.2, 0) is 21.2 Å². The maximum Gasteiger partial charge on any atom is 0.338 e. The zero-order valence-corrected chi connectivity index (χ0v) is 19.5. The van der Waals surface area contributed by atoms with Crippen molar-refractivity contribution in [2.75, 3.05) is 29.0 Å². The second-order valence-corrected chi connectivity index (χ2v) is 9.43. The molecule has 1 aromatic carbocycles. The topological polar surface area (TPSA) is 106 Å². The van der Waals surface area contributed by atoms with Crippen LogP contribution >= 0.6 is 11.6 Å². The largest absolute Gasteiger partial charge is 0.462 e. The van der Waals surface area contributed by atoms with Crippen LogP contribution in [0.15, 0.2) is 30.5 Å². The Balaban J connectivity index is 2.38. The van der Waals surface area contributed by atoms with E-state index in [1.807, 2.05) is 6.92 Å². The van der Waals surface area contributed by atoms with Gasteiger partial charge in [0.25, 0.3) is 5.91 Å². The third-order valence-corrected chi connectivity index (χ3v) is 6.54. The number of pyridine rings is 1. The number of benzene rings is 1. The summed E-state index contributed by atoms with van der Waals surface area (Å²) in [6.45, 7) is 5.48. The minimum absolute atomic E-state index is 0.0587. The lowest BCUT2D eigenvalue weighted by atomic mass is 10.0. The Hall–Kier alpha value is -2.65. The summed E-state index contributed by atoms with van der Waals surface area (Å²) in [5, 5.41) is 2.80. The number of nitrogens with one attached hydrogen (secondary N) is 1. The number of sulfonamides is 1. The molecule has 1 heterocycles. The van der Waals surface area contributed by atoms with E-state index in [0.717, 1.165) is 22.7 Å². The highest BCUT2D eigenvalue weighted by atomic mass is 35.5. The van der Waals surface area contributed by atoms with Crippen LogP contribution in [0.5, 0.6) is 0 Å². The normalized spacial score (nSPS) is 11.1. The number of aromatic nitrogens is 1. The van der Waals surface area contributed by atoms with Gasteiger partial charge in [-0.15, -0.1) is 0 Å². The van der Waals surface area contributed by atoms with Gasteiger partial charge in [-0.3, -0.25) is 9.10 Å². The molecule has 168 valence electrons. The first kappa shape index (κ1) is 24.6. The number of nitrogens with zero attached hydrogens (tertiary/aromatic N) is 2. The molecule has 1 aromatic heterocycles. The molecule has 0 radical (unpaired) electrons. The Morgan fingerprint density at radius 2 is 1.87 bits per heavy atom. The Labute approximate surface area is 187 Å². The van der Waals surface area contributed by atoms with Gasteiger partial charge in [-0.2, -0.15) is 0 Å². The molecule has 0 spiro atoms. The van der Waals surface area contributed by atoms with Crippen LogP contribution in [-0.4, -0.2) is 44.7 Å². The van der Waals surface area contributed by atoms with Crippen molar-refractivity contribution >= 4 is 45.0 Å². The van der Waals surface area contributed by atoms with E-state index in [9.17, 15) is 18.0 Å². The fourth-order valence-corrected chi connectivity index (χ4v) is 3.80. The summed E-state index contributed by atoms with van der Waals surface area (Å²) in [7, 11) is -2.20. The Morgan fingerprint density at radius 3 is 2.48 bits per heavy atom. The maximum absolute atomic E-state index is 12.9. The highest BCUT2D eigenvalue weighted by Crippen LogP contribution is 2.24. The highest BCUT2D eigenvalue weighted by molar-refractivity contribution is 7.92. The molecule has 2 rings (SSSR count). The van der Waals surface area contributed by atoms with Crippen LogP contribution in [0.3, 0.4) is 0 Å².